The molecule has 0 fully saturated rings. The molecule has 0 aliphatic heterocycles. The van der Waals surface area contributed by atoms with E-state index in [-0.39, 0.29) is 155 Å². The number of sulfonamides is 2. The average Bonchev–Trinajstić information content (AvgIpc) is 3.35. The Labute approximate surface area is 519 Å². The number of hydrogen-bond donors (Lipinski definition) is 2. The monoisotopic (exact) mass is 1210 g/mol. The molecule has 34 heteroatoms. The van der Waals surface area contributed by atoms with E-state index in [1.54, 1.807) is 20.8 Å². The van der Waals surface area contributed by atoms with Crippen LogP contribution in [0.3, 0.4) is 0 Å². The van der Waals surface area contributed by atoms with E-state index in [4.69, 9.17) is 62.6 Å². The molecule has 0 radical (unpaired) electrons. The van der Waals surface area contributed by atoms with Crippen LogP contribution in [-0.2, 0) is 82.2 Å². The van der Waals surface area contributed by atoms with Crippen molar-refractivity contribution in [3.8, 4) is 0 Å². The van der Waals surface area contributed by atoms with Crippen LogP contribution in [0.2, 0.25) is 10.0 Å². The molecule has 0 bridgehead atoms. The van der Waals surface area contributed by atoms with Crippen molar-refractivity contribution in [3.63, 3.8) is 0 Å². The minimum absolute atomic E-state index is 0. The van der Waals surface area contributed by atoms with E-state index in [1.165, 1.54) is 12.2 Å². The Kier molecular flexibility index (Phi) is 40.4. The maximum Gasteiger partial charge on any atom is 1.00 e. The zero-order valence-corrected chi connectivity index (χ0v) is 52.1. The van der Waals surface area contributed by atoms with Gasteiger partial charge in [0.2, 0.25) is 20.0 Å². The molecule has 0 saturated carbocycles. The zero-order chi connectivity index (χ0) is 56.3. The molecule has 0 spiro atoms. The first-order valence-electron chi connectivity index (χ1n) is 21.6. The fourth-order valence-corrected chi connectivity index (χ4v) is 10.6. The number of carboxylic acids is 2. The second-order valence-corrected chi connectivity index (χ2v) is 19.3. The van der Waals surface area contributed by atoms with Crippen LogP contribution in [0.1, 0.15) is 74.6 Å². The van der Waals surface area contributed by atoms with Gasteiger partial charge in [-0.05, 0) is 110 Å². The molecule has 4 rings (SSSR count). The van der Waals surface area contributed by atoms with Crippen molar-refractivity contribution < 1.29 is 208 Å². The topological polar surface area (TPSA) is 355 Å². The van der Waals surface area contributed by atoms with E-state index in [0.717, 1.165) is 50.2 Å². The molecule has 2 aromatic carbocycles. The van der Waals surface area contributed by atoms with Crippen molar-refractivity contribution in [3.05, 3.63) is 81.4 Å². The summed E-state index contributed by atoms with van der Waals surface area (Å²) >= 11 is 12.1. The molecule has 0 amide bonds. The molecule has 416 valence electrons. The van der Waals surface area contributed by atoms with Crippen molar-refractivity contribution in [2.24, 2.45) is 0 Å². The maximum absolute atomic E-state index is 13.6. The smallest absolute Gasteiger partial charge is 1.00 e. The first-order valence-corrected chi connectivity index (χ1v) is 25.3. The Hall–Kier alpha value is -3.37. The second kappa shape index (κ2) is 39.9. The Bertz CT molecular complexity index is 2390. The van der Waals surface area contributed by atoms with E-state index < -0.39 is 104 Å². The van der Waals surface area contributed by atoms with Gasteiger partial charge in [-0.15, -0.1) is 0 Å². The van der Waals surface area contributed by atoms with Crippen LogP contribution >= 0.6 is 23.2 Å². The molecule has 25 nitrogen and oxygen atoms in total. The number of benzene rings is 2. The third-order valence-electron chi connectivity index (χ3n) is 9.47. The number of carboxylic acid groups (broad SMARTS) is 2. The quantitative estimate of drug-likeness (QED) is 0.0239. The fraction of sp³-hybridized carbons (Fsp3) is 0.465. The summed E-state index contributed by atoms with van der Waals surface area (Å²) < 4.78 is 111. The second-order valence-electron chi connectivity index (χ2n) is 14.4. The molecule has 0 aromatic heterocycles. The summed E-state index contributed by atoms with van der Waals surface area (Å²) in [6.45, 7) is 5.25. The number of allylic oxidation sites excluding steroid dienone is 2. The zero-order valence-electron chi connectivity index (χ0n) is 44.0. The molecule has 0 heterocycles. The molecule has 2 aliphatic carbocycles. The van der Waals surface area contributed by atoms with Gasteiger partial charge >= 0.3 is 119 Å². The molecule has 2 aromatic rings. The molecule has 0 saturated heterocycles. The van der Waals surface area contributed by atoms with Crippen molar-refractivity contribution in [1.82, 2.24) is 0 Å². The van der Waals surface area contributed by atoms with E-state index in [2.05, 4.69) is 19.2 Å². The number of anilines is 2. The number of halogens is 4. The summed E-state index contributed by atoms with van der Waals surface area (Å²) in [5.74, 6) is -6.21. The summed E-state index contributed by atoms with van der Waals surface area (Å²) in [5, 5.41) is 32.1. The van der Waals surface area contributed by atoms with Gasteiger partial charge in [-0.3, -0.25) is 10.1 Å². The molecular formula is C43H53Cl2F2N2Na3O23S2. The largest absolute Gasteiger partial charge is 1.00 e. The number of ether oxygens (including phenoxy) is 6. The molecule has 4 atom stereocenters. The standard InChI is InChI=1S/2C20H23ClFNO9S.C2H6O2.CH2O3.3Na.H/c2*1-3-30-19(26)14-6-4-5-7-17(14)33(28,29)23(16-9-8-13(22)10-15(16)21)11-31-20(27)32-12(2)18(24)25;1-2-4-3;2-1-4-3;;;;/h2*6,8-10,12,17H,3-5,7,11H2,1-2H3,(H,24,25);3H,2H2,1H3;1,3H;;;;/q;;;;3*+1;-1/p-2/t2*12-,17?;;;;;;/m00....../s1. The minimum atomic E-state index is -4.47. The van der Waals surface area contributed by atoms with Gasteiger partial charge < -0.3 is 55.0 Å². The molecule has 2 N–H and O–H groups in total. The van der Waals surface area contributed by atoms with Crippen LogP contribution in [0.5, 0.6) is 0 Å². The molecule has 2 unspecified atom stereocenters. The fourth-order valence-electron chi connectivity index (χ4n) is 6.09. The molecule has 77 heavy (non-hydrogen) atoms. The van der Waals surface area contributed by atoms with Gasteiger partial charge in [-0.1, -0.05) is 35.4 Å². The number of carbonyl (C=O) groups is 7. The predicted octanol–water partition coefficient (Wildman–Crippen LogP) is -4.80. The van der Waals surface area contributed by atoms with E-state index in [1.807, 2.05) is 0 Å². The van der Waals surface area contributed by atoms with Crippen molar-refractivity contribution >= 4 is 97.3 Å². The van der Waals surface area contributed by atoms with E-state index >= 15 is 0 Å². The third-order valence-corrected chi connectivity index (χ3v) is 14.3. The van der Waals surface area contributed by atoms with Crippen LogP contribution in [-0.4, -0.2) is 126 Å². The first kappa shape index (κ1) is 77.9. The normalized spacial score (nSPS) is 15.1. The van der Waals surface area contributed by atoms with Gasteiger partial charge in [-0.2, -0.15) is 0 Å². The first-order chi connectivity index (χ1) is 34.8. The third kappa shape index (κ3) is 25.7. The number of nitrogens with zero attached hydrogens (tertiary/aromatic N) is 2. The van der Waals surface area contributed by atoms with Gasteiger partial charge in [-0.25, -0.2) is 63.1 Å². The van der Waals surface area contributed by atoms with Crippen LogP contribution in [0.4, 0.5) is 29.7 Å². The Morgan fingerprint density at radius 1 is 0.714 bits per heavy atom. The summed E-state index contributed by atoms with van der Waals surface area (Å²) in [4.78, 5) is 84.8. The van der Waals surface area contributed by atoms with E-state index in [9.17, 15) is 59.5 Å². The summed E-state index contributed by atoms with van der Waals surface area (Å²) in [6, 6.07) is 5.76. The number of rotatable bonds is 20. The maximum atomic E-state index is 13.6. The van der Waals surface area contributed by atoms with Crippen LogP contribution in [0.25, 0.3) is 0 Å². The SMILES string of the molecule is CCOC(=O)C1=CCCCC1S(=O)(=O)N(COC(=O)O[C@@H](C)C(=O)O)c1ccc(F)cc1Cl.CCOC(=O)C1=CCCCC1S(=O)(=O)N(COC(=O)O[C@@H](C)C(=O)[O-])c1ccc(F)cc1Cl.CCOO.O=CO[O-].[H-].[Na+].[Na+].[Na+]. The van der Waals surface area contributed by atoms with Crippen molar-refractivity contribution in [1.29, 1.82) is 0 Å². The minimum Gasteiger partial charge on any atom is -1.00 e. The van der Waals surface area contributed by atoms with Crippen LogP contribution in [0, 0.1) is 11.6 Å². The number of esters is 2. The Balaban J connectivity index is -0.000000589. The van der Waals surface area contributed by atoms with Gasteiger partial charge in [0.15, 0.2) is 19.6 Å². The van der Waals surface area contributed by atoms with E-state index in [0.29, 0.717) is 40.9 Å². The van der Waals surface area contributed by atoms with Gasteiger partial charge in [0.05, 0.1) is 58.4 Å². The number of aliphatic carboxylic acids is 2. The average molecular weight is 1210 g/mol. The van der Waals surface area contributed by atoms with Crippen LogP contribution in [0.15, 0.2) is 59.7 Å². The molecule has 2 aliphatic rings. The number of hydrogen-bond acceptors (Lipinski definition) is 22. The Morgan fingerprint density at radius 2 is 1.06 bits per heavy atom. The van der Waals surface area contributed by atoms with Gasteiger partial charge in [0.1, 0.15) is 28.2 Å². The Morgan fingerprint density at radius 3 is 1.35 bits per heavy atom. The van der Waals surface area contributed by atoms with Crippen molar-refractivity contribution in [2.45, 2.75) is 95.9 Å². The van der Waals surface area contributed by atoms with Crippen LogP contribution < -0.4 is 108 Å². The van der Waals surface area contributed by atoms with Gasteiger partial charge in [0.25, 0.3) is 6.47 Å². The summed E-state index contributed by atoms with van der Waals surface area (Å²) in [6.07, 6.45) is -1.25. The molecular weight excluding hydrogens is 1150 g/mol. The summed E-state index contributed by atoms with van der Waals surface area (Å²) in [5.41, 5.74) is -0.605. The predicted molar refractivity (Wildman–Crippen MR) is 249 cm³/mol. The van der Waals surface area contributed by atoms with Gasteiger partial charge in [0, 0.05) is 0 Å². The van der Waals surface area contributed by atoms with Crippen molar-refractivity contribution in [2.75, 3.05) is 41.9 Å². The summed E-state index contributed by atoms with van der Waals surface area (Å²) in [7, 11) is -8.93. The number of carbonyl (C=O) groups excluding carboxylic acids is 6.